The Balaban J connectivity index is 1.31. The Labute approximate surface area is 358 Å². The zero-order chi connectivity index (χ0) is 39.9. The summed E-state index contributed by atoms with van der Waals surface area (Å²) in [5.41, 5.74) is 21.5. The number of allylic oxidation sites excluding steroid dienone is 2. The molecule has 0 bridgehead atoms. The van der Waals surface area contributed by atoms with Gasteiger partial charge in [0.2, 0.25) is 0 Å². The summed E-state index contributed by atoms with van der Waals surface area (Å²) >= 11 is -3.16. The molecule has 9 rings (SSSR count). The van der Waals surface area contributed by atoms with Crippen molar-refractivity contribution in [3.63, 3.8) is 0 Å². The van der Waals surface area contributed by atoms with E-state index in [-0.39, 0.29) is 0 Å². The maximum atomic E-state index is 2.72. The predicted octanol–water partition coefficient (Wildman–Crippen LogP) is 12.6. The van der Waals surface area contributed by atoms with Gasteiger partial charge in [-0.2, -0.15) is 0 Å². The summed E-state index contributed by atoms with van der Waals surface area (Å²) < 4.78 is 2.80. The normalized spacial score (nSPS) is 16.7. The average molecular weight is 939 g/mol. The quantitative estimate of drug-likeness (QED) is 0.101. The van der Waals surface area contributed by atoms with E-state index in [1.807, 2.05) is 3.32 Å². The zero-order valence-corrected chi connectivity index (χ0v) is 40.5. The minimum atomic E-state index is -3.16. The van der Waals surface area contributed by atoms with Gasteiger partial charge in [-0.1, -0.05) is 0 Å². The van der Waals surface area contributed by atoms with Crippen molar-refractivity contribution < 1.29 is 21.4 Å². The van der Waals surface area contributed by atoms with Crippen LogP contribution in [0.1, 0.15) is 108 Å². The van der Waals surface area contributed by atoms with Crippen molar-refractivity contribution in [2.75, 3.05) is 0 Å². The molecule has 0 fully saturated rings. The van der Waals surface area contributed by atoms with Gasteiger partial charge in [0.05, 0.1) is 0 Å². The van der Waals surface area contributed by atoms with Gasteiger partial charge in [0.25, 0.3) is 0 Å². The molecule has 2 unspecified atom stereocenters. The Kier molecular flexibility index (Phi) is 11.4. The Morgan fingerprint density at radius 3 is 1.45 bits per heavy atom. The summed E-state index contributed by atoms with van der Waals surface area (Å²) in [5, 5.41) is 3.41. The van der Waals surface area contributed by atoms with Gasteiger partial charge < -0.3 is 0 Å². The van der Waals surface area contributed by atoms with E-state index in [1.165, 1.54) is 50.1 Å². The fourth-order valence-electron chi connectivity index (χ4n) is 10.9. The first kappa shape index (κ1) is 39.4. The number of hydrogen-bond acceptors (Lipinski definition) is 0. The van der Waals surface area contributed by atoms with E-state index in [1.54, 1.807) is 38.2 Å². The molecule has 291 valence electrons. The topological polar surface area (TPSA) is 0 Å². The van der Waals surface area contributed by atoms with Crippen molar-refractivity contribution >= 4 is 35.4 Å². The summed E-state index contributed by atoms with van der Waals surface area (Å²) in [4.78, 5) is 0. The number of aryl methyl sites for hydroxylation is 2. The van der Waals surface area contributed by atoms with E-state index < -0.39 is 31.0 Å². The molecule has 0 aromatic heterocycles. The first-order valence-corrected chi connectivity index (χ1v) is 29.6. The van der Waals surface area contributed by atoms with Crippen LogP contribution in [0.4, 0.5) is 0 Å². The van der Waals surface area contributed by atoms with Crippen LogP contribution in [0.15, 0.2) is 139 Å². The molecule has 2 atom stereocenters. The average Bonchev–Trinajstić information content (AvgIpc) is 3.90. The molecule has 1 aliphatic heterocycles. The van der Waals surface area contributed by atoms with Crippen LogP contribution in [0.2, 0.25) is 0 Å². The van der Waals surface area contributed by atoms with E-state index >= 15 is 0 Å². The summed E-state index contributed by atoms with van der Waals surface area (Å²) in [6.07, 6.45) is 12.3. The van der Waals surface area contributed by atoms with Crippen LogP contribution >= 0.6 is 0 Å². The van der Waals surface area contributed by atoms with E-state index in [4.69, 9.17) is 0 Å². The van der Waals surface area contributed by atoms with Gasteiger partial charge in [0.15, 0.2) is 0 Å². The second kappa shape index (κ2) is 16.9. The predicted molar refractivity (Wildman–Crippen MR) is 251 cm³/mol. The first-order valence-electron chi connectivity index (χ1n) is 22.3. The second-order valence-electron chi connectivity index (χ2n) is 18.1. The van der Waals surface area contributed by atoms with Gasteiger partial charge >= 0.3 is 361 Å². The number of benzene rings is 6. The monoisotopic (exact) mass is 939 g/mol. The Morgan fingerprint density at radius 1 is 0.483 bits per heavy atom. The molecular formula is C56H59HfSi. The molecule has 3 aliphatic rings. The molecule has 2 aliphatic carbocycles. The summed E-state index contributed by atoms with van der Waals surface area (Å²) in [7, 11) is -0.622. The van der Waals surface area contributed by atoms with Crippen LogP contribution in [-0.4, -0.2) is 9.52 Å². The van der Waals surface area contributed by atoms with Crippen LogP contribution in [0.25, 0.3) is 45.5 Å². The zero-order valence-electron chi connectivity index (χ0n) is 35.5. The van der Waals surface area contributed by atoms with E-state index in [2.05, 4.69) is 181 Å². The van der Waals surface area contributed by atoms with Crippen molar-refractivity contribution in [3.05, 3.63) is 172 Å². The van der Waals surface area contributed by atoms with Gasteiger partial charge in [0, 0.05) is 0 Å². The standard InChI is InChI=1S/2C22H25.C12H9Si.Hf/c2*1-4-8-18-9-5-6-11-20(18)21-12-7-10-19-14-17(13-16(2)3)15-22(19)21;1-3-7-11-9(5-1)10-6-2-4-8-12(10)13-11;/h2*5-7,9-12,14-16H,4,8,13H2,1-3H3;1-7H,13H2;. The van der Waals surface area contributed by atoms with E-state index in [0.29, 0.717) is 19.2 Å². The summed E-state index contributed by atoms with van der Waals surface area (Å²) in [5.74, 6) is 1.18. The van der Waals surface area contributed by atoms with Crippen molar-refractivity contribution in [1.82, 2.24) is 0 Å². The molecule has 58 heavy (non-hydrogen) atoms. The molecule has 0 saturated heterocycles. The van der Waals surface area contributed by atoms with Crippen molar-refractivity contribution in [3.8, 4) is 33.4 Å². The molecule has 0 N–H and O–H groups in total. The third-order valence-electron chi connectivity index (χ3n) is 13.0. The van der Waals surface area contributed by atoms with E-state index in [0.717, 1.165) is 38.5 Å². The minimum absolute atomic E-state index is 0.493. The number of rotatable bonds is 13. The van der Waals surface area contributed by atoms with Gasteiger partial charge in [-0.25, -0.2) is 0 Å². The molecule has 0 radical (unpaired) electrons. The van der Waals surface area contributed by atoms with Crippen LogP contribution in [-0.2, 0) is 34.3 Å². The van der Waals surface area contributed by atoms with Gasteiger partial charge in [0.1, 0.15) is 0 Å². The fraction of sp³-hybridized carbons (Fsp3) is 0.286. The summed E-state index contributed by atoms with van der Waals surface area (Å²) in [6.45, 7) is 14.4. The van der Waals surface area contributed by atoms with E-state index in [9.17, 15) is 0 Å². The molecule has 0 spiro atoms. The number of hydrogen-bond donors (Lipinski definition) is 0. The maximum absolute atomic E-state index is 3.16. The molecule has 0 amide bonds. The van der Waals surface area contributed by atoms with Crippen molar-refractivity contribution in [1.29, 1.82) is 0 Å². The SMILES string of the molecule is CCCc1ccccc1-c1cccc2c1C=C(CC(C)C)[CH]2[Hf]([c]1cccc2c1[SiH2]c1ccccc1-2)[CH]1C(CC(C)C)=Cc2c(-c3ccccc3CCC)cccc21. The van der Waals surface area contributed by atoms with Crippen molar-refractivity contribution in [2.24, 2.45) is 11.8 Å². The van der Waals surface area contributed by atoms with Gasteiger partial charge in [-0.05, 0) is 0 Å². The Bertz CT molecular complexity index is 2420. The molecule has 1 heterocycles. The molecule has 2 heteroatoms. The van der Waals surface area contributed by atoms with Crippen LogP contribution < -0.4 is 13.7 Å². The molecule has 0 nitrogen and oxygen atoms in total. The molecular weight excluding hydrogens is 879 g/mol. The first-order chi connectivity index (χ1) is 28.4. The molecule has 6 aromatic rings. The van der Waals surface area contributed by atoms with Crippen LogP contribution in [0, 0.1) is 11.8 Å². The van der Waals surface area contributed by atoms with Crippen LogP contribution in [0.3, 0.4) is 0 Å². The van der Waals surface area contributed by atoms with Crippen molar-refractivity contribution in [2.45, 2.75) is 87.4 Å². The van der Waals surface area contributed by atoms with Crippen LogP contribution in [0.5, 0.6) is 0 Å². The second-order valence-corrected chi connectivity index (χ2v) is 29.2. The number of fused-ring (bicyclic) bond motifs is 5. The van der Waals surface area contributed by atoms with Gasteiger partial charge in [-0.3, -0.25) is 0 Å². The third kappa shape index (κ3) is 7.17. The Morgan fingerprint density at radius 2 is 0.931 bits per heavy atom. The summed E-state index contributed by atoms with van der Waals surface area (Å²) in [6, 6.07) is 50.3. The molecule has 6 aromatic carbocycles. The fourth-order valence-corrected chi connectivity index (χ4v) is 30.2. The third-order valence-corrected chi connectivity index (χ3v) is 29.7. The molecule has 0 saturated carbocycles. The Hall–Kier alpha value is -4.11. The van der Waals surface area contributed by atoms with Gasteiger partial charge in [-0.15, -0.1) is 0 Å².